The molecule has 20 heavy (non-hydrogen) atoms. The minimum Gasteiger partial charge on any atom is -0.399 e. The Labute approximate surface area is 118 Å². The Balaban J connectivity index is 1.78. The maximum absolute atomic E-state index is 12.3. The summed E-state index contributed by atoms with van der Waals surface area (Å²) < 4.78 is 11.3. The second-order valence-electron chi connectivity index (χ2n) is 4.97. The number of aromatic amines is 1. The lowest BCUT2D eigenvalue weighted by Crippen LogP contribution is -2.39. The van der Waals surface area contributed by atoms with Crippen LogP contribution in [-0.2, 0) is 10.8 Å². The molecule has 4 N–H and O–H groups in total. The van der Waals surface area contributed by atoms with Crippen molar-refractivity contribution in [2.24, 2.45) is 0 Å². The van der Waals surface area contributed by atoms with Gasteiger partial charge in [-0.1, -0.05) is 0 Å². The minimum absolute atomic E-state index is 0.0769. The molecular weight excluding hydrogens is 276 g/mol. The van der Waals surface area contributed by atoms with Gasteiger partial charge in [0.15, 0.2) is 5.69 Å². The van der Waals surface area contributed by atoms with E-state index in [1.165, 1.54) is 0 Å². The molecule has 1 fully saturated rings. The van der Waals surface area contributed by atoms with Crippen LogP contribution < -0.4 is 11.1 Å². The molecular formula is C13H16N4O2S. The molecule has 1 aliphatic heterocycles. The van der Waals surface area contributed by atoms with Crippen molar-refractivity contribution in [3.8, 4) is 0 Å². The molecule has 7 heteroatoms. The number of carbonyl (C=O) groups is 1. The smallest absolute Gasteiger partial charge is 0.272 e. The fraction of sp³-hybridized carbons (Fsp3) is 0.385. The van der Waals surface area contributed by atoms with E-state index in [1.54, 1.807) is 18.2 Å². The molecule has 1 aromatic heterocycles. The van der Waals surface area contributed by atoms with E-state index in [2.05, 4.69) is 15.5 Å². The number of nitrogen functional groups attached to an aromatic ring is 1. The van der Waals surface area contributed by atoms with Crippen LogP contribution in [0.2, 0.25) is 0 Å². The number of fused-ring (bicyclic) bond motifs is 1. The molecule has 3 rings (SSSR count). The van der Waals surface area contributed by atoms with Crippen molar-refractivity contribution in [2.45, 2.75) is 18.9 Å². The normalized spacial score (nSPS) is 22.8. The summed E-state index contributed by atoms with van der Waals surface area (Å²) in [6, 6.07) is 5.38. The van der Waals surface area contributed by atoms with Crippen LogP contribution in [0.25, 0.3) is 10.9 Å². The van der Waals surface area contributed by atoms with Gasteiger partial charge in [0.25, 0.3) is 5.91 Å². The van der Waals surface area contributed by atoms with Crippen molar-refractivity contribution in [3.05, 3.63) is 23.9 Å². The fourth-order valence-electron chi connectivity index (χ4n) is 2.40. The summed E-state index contributed by atoms with van der Waals surface area (Å²) in [7, 11) is -0.727. The van der Waals surface area contributed by atoms with E-state index in [0.717, 1.165) is 23.7 Å². The summed E-state index contributed by atoms with van der Waals surface area (Å²) >= 11 is 0. The quantitative estimate of drug-likeness (QED) is 0.712. The lowest BCUT2D eigenvalue weighted by atomic mass is 10.1. The van der Waals surface area contributed by atoms with Crippen molar-refractivity contribution in [1.82, 2.24) is 15.5 Å². The summed E-state index contributed by atoms with van der Waals surface area (Å²) in [5, 5.41) is 10.6. The predicted octanol–water partition coefficient (Wildman–Crippen LogP) is 0.786. The van der Waals surface area contributed by atoms with Gasteiger partial charge in [-0.05, 0) is 31.0 Å². The third-order valence-corrected chi connectivity index (χ3v) is 4.91. The van der Waals surface area contributed by atoms with Gasteiger partial charge in [0, 0.05) is 39.4 Å². The van der Waals surface area contributed by atoms with E-state index in [9.17, 15) is 9.00 Å². The first-order valence-electron chi connectivity index (χ1n) is 6.53. The molecule has 0 saturated carbocycles. The third kappa shape index (κ3) is 2.53. The van der Waals surface area contributed by atoms with Crippen molar-refractivity contribution < 1.29 is 9.00 Å². The Hall–Kier alpha value is -1.89. The molecule has 0 atom stereocenters. The summed E-state index contributed by atoms with van der Waals surface area (Å²) in [4.78, 5) is 12.3. The number of nitrogens with two attached hydrogens (primary N) is 1. The van der Waals surface area contributed by atoms with Crippen LogP contribution in [0, 0.1) is 0 Å². The number of nitrogens with zero attached hydrogens (tertiary/aromatic N) is 1. The largest absolute Gasteiger partial charge is 0.399 e. The van der Waals surface area contributed by atoms with E-state index in [-0.39, 0.29) is 11.9 Å². The number of carbonyl (C=O) groups excluding carboxylic acids is 1. The molecule has 0 spiro atoms. The Kier molecular flexibility index (Phi) is 3.43. The van der Waals surface area contributed by atoms with E-state index >= 15 is 0 Å². The molecule has 0 unspecified atom stereocenters. The van der Waals surface area contributed by atoms with E-state index in [0.29, 0.717) is 22.9 Å². The van der Waals surface area contributed by atoms with Gasteiger partial charge in [-0.15, -0.1) is 0 Å². The van der Waals surface area contributed by atoms with E-state index in [4.69, 9.17) is 5.73 Å². The van der Waals surface area contributed by atoms with Crippen molar-refractivity contribution >= 4 is 33.3 Å². The first-order chi connectivity index (χ1) is 9.63. The monoisotopic (exact) mass is 292 g/mol. The van der Waals surface area contributed by atoms with Crippen LogP contribution in [0.3, 0.4) is 0 Å². The highest BCUT2D eigenvalue weighted by molar-refractivity contribution is 7.85. The summed E-state index contributed by atoms with van der Waals surface area (Å²) in [6.07, 6.45) is 1.51. The van der Waals surface area contributed by atoms with Crippen LogP contribution in [0.15, 0.2) is 18.2 Å². The lowest BCUT2D eigenvalue weighted by Gasteiger charge is -2.22. The van der Waals surface area contributed by atoms with Gasteiger partial charge in [0.1, 0.15) is 0 Å². The molecule has 6 nitrogen and oxygen atoms in total. The Morgan fingerprint density at radius 3 is 2.90 bits per heavy atom. The van der Waals surface area contributed by atoms with Gasteiger partial charge in [-0.25, -0.2) is 0 Å². The Morgan fingerprint density at radius 2 is 2.15 bits per heavy atom. The van der Waals surface area contributed by atoms with Crippen molar-refractivity contribution in [2.75, 3.05) is 17.2 Å². The van der Waals surface area contributed by atoms with Gasteiger partial charge < -0.3 is 11.1 Å². The molecule has 0 aliphatic carbocycles. The number of benzene rings is 1. The molecule has 1 saturated heterocycles. The number of amides is 1. The van der Waals surface area contributed by atoms with Crippen LogP contribution in [0.1, 0.15) is 23.3 Å². The maximum Gasteiger partial charge on any atom is 0.272 e. The van der Waals surface area contributed by atoms with E-state index in [1.807, 2.05) is 0 Å². The molecule has 2 aromatic rings. The predicted molar refractivity (Wildman–Crippen MR) is 78.9 cm³/mol. The molecule has 1 aromatic carbocycles. The lowest BCUT2D eigenvalue weighted by molar-refractivity contribution is 0.0931. The maximum atomic E-state index is 12.3. The Morgan fingerprint density at radius 1 is 1.40 bits per heavy atom. The minimum atomic E-state index is -0.727. The number of rotatable bonds is 2. The SMILES string of the molecule is Nc1ccc2[nH]nc(C(=O)NC3CCS(=O)CC3)c2c1. The average Bonchev–Trinajstić information content (AvgIpc) is 2.84. The zero-order valence-corrected chi connectivity index (χ0v) is 11.7. The number of hydrogen-bond donors (Lipinski definition) is 3. The second kappa shape index (κ2) is 5.24. The summed E-state index contributed by atoms with van der Waals surface area (Å²) in [5.74, 6) is 1.10. The van der Waals surface area contributed by atoms with Gasteiger partial charge in [-0.3, -0.25) is 14.1 Å². The molecule has 1 amide bonds. The van der Waals surface area contributed by atoms with Gasteiger partial charge in [0.2, 0.25) is 0 Å². The van der Waals surface area contributed by atoms with Crippen LogP contribution in [0.4, 0.5) is 5.69 Å². The van der Waals surface area contributed by atoms with Crippen molar-refractivity contribution in [1.29, 1.82) is 0 Å². The number of anilines is 1. The van der Waals surface area contributed by atoms with Crippen LogP contribution in [-0.4, -0.2) is 37.9 Å². The first kappa shape index (κ1) is 13.1. The zero-order valence-electron chi connectivity index (χ0n) is 10.9. The Bertz CT molecular complexity index is 672. The van der Waals surface area contributed by atoms with E-state index < -0.39 is 10.8 Å². The van der Waals surface area contributed by atoms with Gasteiger partial charge in [0.05, 0.1) is 5.52 Å². The zero-order chi connectivity index (χ0) is 14.1. The second-order valence-corrected chi connectivity index (χ2v) is 6.67. The highest BCUT2D eigenvalue weighted by atomic mass is 32.2. The highest BCUT2D eigenvalue weighted by Crippen LogP contribution is 2.19. The highest BCUT2D eigenvalue weighted by Gasteiger charge is 2.22. The molecule has 2 heterocycles. The average molecular weight is 292 g/mol. The summed E-state index contributed by atoms with van der Waals surface area (Å²) in [6.45, 7) is 0. The first-order valence-corrected chi connectivity index (χ1v) is 8.02. The van der Waals surface area contributed by atoms with Gasteiger partial charge >= 0.3 is 0 Å². The van der Waals surface area contributed by atoms with Crippen LogP contribution >= 0.6 is 0 Å². The number of H-pyrrole nitrogens is 1. The molecule has 106 valence electrons. The van der Waals surface area contributed by atoms with Crippen molar-refractivity contribution in [3.63, 3.8) is 0 Å². The molecule has 0 radical (unpaired) electrons. The number of aromatic nitrogens is 2. The van der Waals surface area contributed by atoms with Crippen LogP contribution in [0.5, 0.6) is 0 Å². The molecule has 0 bridgehead atoms. The fourth-order valence-corrected chi connectivity index (χ4v) is 3.70. The number of hydrogen-bond acceptors (Lipinski definition) is 4. The number of nitrogens with one attached hydrogen (secondary N) is 2. The topological polar surface area (TPSA) is 101 Å². The summed E-state index contributed by atoms with van der Waals surface area (Å²) in [5.41, 5.74) is 7.49. The standard InChI is InChI=1S/C13H16N4O2S/c14-8-1-2-11-10(7-8)12(17-16-11)13(18)15-9-3-5-20(19)6-4-9/h1-2,7,9H,3-6,14H2,(H,15,18)(H,16,17). The third-order valence-electron chi connectivity index (χ3n) is 3.53. The molecule has 1 aliphatic rings. The van der Waals surface area contributed by atoms with Gasteiger partial charge in [-0.2, -0.15) is 5.10 Å².